The Bertz CT molecular complexity index is 417. The molecule has 1 amide bonds. The van der Waals surface area contributed by atoms with Gasteiger partial charge in [0.2, 0.25) is 0 Å². The molecule has 0 saturated carbocycles. The maximum Gasteiger partial charge on any atom is 0.255 e. The molecule has 1 heterocycles. The minimum Gasteiger partial charge on any atom is -0.336 e. The van der Waals surface area contributed by atoms with Crippen molar-refractivity contribution >= 4 is 34.2 Å². The summed E-state index contributed by atoms with van der Waals surface area (Å²) >= 11 is 3.43. The maximum absolute atomic E-state index is 12.4. The van der Waals surface area contributed by atoms with Crippen LogP contribution in [0.25, 0.3) is 0 Å². The minimum atomic E-state index is 0. The second kappa shape index (κ2) is 6.55. The highest BCUT2D eigenvalue weighted by atomic mass is 79.9. The lowest BCUT2D eigenvalue weighted by molar-refractivity contribution is 0.0673. The summed E-state index contributed by atoms with van der Waals surface area (Å²) in [4.78, 5) is 14.3. The molecule has 1 N–H and O–H groups in total. The standard InChI is InChI=1S/C13H17BrN2O.ClH/c1-9-7-16(8-10(2)15-9)13(17)11-5-3-4-6-12(11)14;/h3-6,9-10,15H,7-8H2,1-2H3;1H. The Morgan fingerprint density at radius 1 is 1.28 bits per heavy atom. The topological polar surface area (TPSA) is 32.3 Å². The van der Waals surface area contributed by atoms with Crippen LogP contribution in [0.1, 0.15) is 24.2 Å². The molecule has 0 spiro atoms. The zero-order valence-corrected chi connectivity index (χ0v) is 12.9. The normalized spacial score (nSPS) is 23.4. The van der Waals surface area contributed by atoms with Crippen molar-refractivity contribution in [3.05, 3.63) is 34.3 Å². The van der Waals surface area contributed by atoms with Crippen LogP contribution in [0.4, 0.5) is 0 Å². The monoisotopic (exact) mass is 332 g/mol. The predicted molar refractivity (Wildman–Crippen MR) is 79.4 cm³/mol. The molecule has 0 aromatic heterocycles. The molecule has 18 heavy (non-hydrogen) atoms. The first kappa shape index (κ1) is 15.5. The number of amides is 1. The molecular formula is C13H18BrClN2O. The molecule has 0 aliphatic carbocycles. The van der Waals surface area contributed by atoms with Crippen molar-refractivity contribution in [1.29, 1.82) is 0 Å². The molecule has 1 saturated heterocycles. The van der Waals surface area contributed by atoms with Crippen LogP contribution in [-0.4, -0.2) is 36.0 Å². The Morgan fingerprint density at radius 2 is 1.83 bits per heavy atom. The number of carbonyl (C=O) groups excluding carboxylic acids is 1. The van der Waals surface area contributed by atoms with Crippen molar-refractivity contribution in [1.82, 2.24) is 10.2 Å². The van der Waals surface area contributed by atoms with E-state index in [1.54, 1.807) is 0 Å². The highest BCUT2D eigenvalue weighted by Gasteiger charge is 2.26. The van der Waals surface area contributed by atoms with Crippen molar-refractivity contribution < 1.29 is 4.79 Å². The number of benzene rings is 1. The SMILES string of the molecule is CC1CN(C(=O)c2ccccc2Br)CC(C)N1.Cl. The fourth-order valence-corrected chi connectivity index (χ4v) is 2.75. The third kappa shape index (κ3) is 3.46. The fraction of sp³-hybridized carbons (Fsp3) is 0.462. The highest BCUT2D eigenvalue weighted by Crippen LogP contribution is 2.19. The van der Waals surface area contributed by atoms with Crippen LogP contribution in [0.15, 0.2) is 28.7 Å². The first-order valence-corrected chi connectivity index (χ1v) is 6.67. The maximum atomic E-state index is 12.4. The Labute approximate surface area is 122 Å². The van der Waals surface area contributed by atoms with Crippen LogP contribution in [0.2, 0.25) is 0 Å². The van der Waals surface area contributed by atoms with Crippen molar-refractivity contribution in [2.45, 2.75) is 25.9 Å². The van der Waals surface area contributed by atoms with Crippen molar-refractivity contribution in [3.8, 4) is 0 Å². The first-order valence-electron chi connectivity index (χ1n) is 5.88. The molecule has 2 rings (SSSR count). The molecular weight excluding hydrogens is 316 g/mol. The smallest absolute Gasteiger partial charge is 0.255 e. The van der Waals surface area contributed by atoms with E-state index in [0.717, 1.165) is 23.1 Å². The van der Waals surface area contributed by atoms with Gasteiger partial charge in [-0.25, -0.2) is 0 Å². The van der Waals surface area contributed by atoms with E-state index >= 15 is 0 Å². The minimum absolute atomic E-state index is 0. The highest BCUT2D eigenvalue weighted by molar-refractivity contribution is 9.10. The molecule has 100 valence electrons. The number of halogens is 2. The first-order chi connectivity index (χ1) is 8.08. The summed E-state index contributed by atoms with van der Waals surface area (Å²) in [6, 6.07) is 8.29. The van der Waals surface area contributed by atoms with Gasteiger partial charge in [0, 0.05) is 29.6 Å². The van der Waals surface area contributed by atoms with Crippen LogP contribution in [0.5, 0.6) is 0 Å². The van der Waals surface area contributed by atoms with Gasteiger partial charge in [-0.15, -0.1) is 12.4 Å². The van der Waals surface area contributed by atoms with Crippen molar-refractivity contribution in [2.75, 3.05) is 13.1 Å². The molecule has 2 unspecified atom stereocenters. The summed E-state index contributed by atoms with van der Waals surface area (Å²) in [7, 11) is 0. The molecule has 1 aromatic carbocycles. The lowest BCUT2D eigenvalue weighted by Gasteiger charge is -2.36. The summed E-state index contributed by atoms with van der Waals surface area (Å²) in [6.45, 7) is 5.75. The van der Waals surface area contributed by atoms with Gasteiger partial charge in [0.15, 0.2) is 0 Å². The molecule has 5 heteroatoms. The lowest BCUT2D eigenvalue weighted by Crippen LogP contribution is -2.55. The summed E-state index contributed by atoms with van der Waals surface area (Å²) in [6.07, 6.45) is 0. The van der Waals surface area contributed by atoms with Gasteiger partial charge in [0.05, 0.1) is 5.56 Å². The zero-order valence-electron chi connectivity index (χ0n) is 10.5. The van der Waals surface area contributed by atoms with E-state index in [9.17, 15) is 4.79 Å². The van der Waals surface area contributed by atoms with E-state index in [1.165, 1.54) is 0 Å². The van der Waals surface area contributed by atoms with E-state index in [-0.39, 0.29) is 18.3 Å². The van der Waals surface area contributed by atoms with Gasteiger partial charge >= 0.3 is 0 Å². The third-order valence-electron chi connectivity index (χ3n) is 2.95. The fourth-order valence-electron chi connectivity index (χ4n) is 2.30. The second-order valence-corrected chi connectivity index (χ2v) is 5.51. The van der Waals surface area contributed by atoms with Crippen LogP contribution >= 0.6 is 28.3 Å². The quantitative estimate of drug-likeness (QED) is 0.857. The molecule has 1 aromatic rings. The molecule has 2 atom stereocenters. The third-order valence-corrected chi connectivity index (χ3v) is 3.64. The lowest BCUT2D eigenvalue weighted by atomic mass is 10.1. The average Bonchev–Trinajstić information content (AvgIpc) is 2.27. The summed E-state index contributed by atoms with van der Waals surface area (Å²) in [5.74, 6) is 0.109. The predicted octanol–water partition coefficient (Wildman–Crippen LogP) is 2.69. The summed E-state index contributed by atoms with van der Waals surface area (Å²) in [5, 5.41) is 3.42. The van der Waals surface area contributed by atoms with E-state index in [4.69, 9.17) is 0 Å². The van der Waals surface area contributed by atoms with Crippen LogP contribution in [0.3, 0.4) is 0 Å². The van der Waals surface area contributed by atoms with Gasteiger partial charge in [0.1, 0.15) is 0 Å². The van der Waals surface area contributed by atoms with Gasteiger partial charge < -0.3 is 10.2 Å². The zero-order chi connectivity index (χ0) is 12.4. The van der Waals surface area contributed by atoms with E-state index in [0.29, 0.717) is 12.1 Å². The van der Waals surface area contributed by atoms with Crippen LogP contribution in [0, 0.1) is 0 Å². The second-order valence-electron chi connectivity index (χ2n) is 4.66. The number of nitrogens with zero attached hydrogens (tertiary/aromatic N) is 1. The molecule has 0 bridgehead atoms. The van der Waals surface area contributed by atoms with Gasteiger partial charge in [-0.3, -0.25) is 4.79 Å². The Balaban J connectivity index is 0.00000162. The molecule has 0 radical (unpaired) electrons. The van der Waals surface area contributed by atoms with E-state index < -0.39 is 0 Å². The Morgan fingerprint density at radius 3 is 2.39 bits per heavy atom. The summed E-state index contributed by atoms with van der Waals surface area (Å²) in [5.41, 5.74) is 0.744. The number of carbonyl (C=O) groups is 1. The number of nitrogens with one attached hydrogen (secondary N) is 1. The Kier molecular flexibility index (Phi) is 5.63. The molecule has 1 fully saturated rings. The number of piperazine rings is 1. The molecule has 1 aliphatic rings. The molecule has 1 aliphatic heterocycles. The van der Waals surface area contributed by atoms with Crippen molar-refractivity contribution in [3.63, 3.8) is 0 Å². The number of rotatable bonds is 1. The summed E-state index contributed by atoms with van der Waals surface area (Å²) < 4.78 is 0.865. The van der Waals surface area contributed by atoms with E-state index in [1.807, 2.05) is 29.2 Å². The van der Waals surface area contributed by atoms with Gasteiger partial charge in [-0.05, 0) is 41.9 Å². The van der Waals surface area contributed by atoms with Gasteiger partial charge in [-0.2, -0.15) is 0 Å². The average molecular weight is 334 g/mol. The number of hydrogen-bond acceptors (Lipinski definition) is 2. The van der Waals surface area contributed by atoms with Crippen LogP contribution < -0.4 is 5.32 Å². The Hall–Kier alpha value is -0.580. The number of hydrogen-bond donors (Lipinski definition) is 1. The van der Waals surface area contributed by atoms with Gasteiger partial charge in [0.25, 0.3) is 5.91 Å². The largest absolute Gasteiger partial charge is 0.336 e. The molecule has 3 nitrogen and oxygen atoms in total. The van der Waals surface area contributed by atoms with Crippen LogP contribution in [-0.2, 0) is 0 Å². The van der Waals surface area contributed by atoms with E-state index in [2.05, 4.69) is 35.1 Å². The van der Waals surface area contributed by atoms with Gasteiger partial charge in [-0.1, -0.05) is 12.1 Å². The van der Waals surface area contributed by atoms with Crippen molar-refractivity contribution in [2.24, 2.45) is 0 Å².